The zero-order valence-electron chi connectivity index (χ0n) is 9.05. The van der Waals surface area contributed by atoms with Crippen LogP contribution in [-0.4, -0.2) is 29.5 Å². The van der Waals surface area contributed by atoms with Gasteiger partial charge in [0, 0.05) is 12.5 Å². The molecule has 0 heterocycles. The van der Waals surface area contributed by atoms with Crippen LogP contribution >= 0.6 is 12.2 Å². The van der Waals surface area contributed by atoms with Crippen molar-refractivity contribution in [3.8, 4) is 0 Å². The number of hydrogen-bond donors (Lipinski definition) is 1. The SMILES string of the molecule is CCCN(CCC)CC(C)C(N)=S. The van der Waals surface area contributed by atoms with Gasteiger partial charge in [-0.2, -0.15) is 0 Å². The van der Waals surface area contributed by atoms with Crippen LogP contribution in [0.2, 0.25) is 0 Å². The number of thiocarbonyl (C=S) groups is 1. The first-order valence-corrected chi connectivity index (χ1v) is 5.54. The molecule has 0 aromatic carbocycles. The van der Waals surface area contributed by atoms with Crippen molar-refractivity contribution in [3.05, 3.63) is 0 Å². The van der Waals surface area contributed by atoms with Crippen LogP contribution in [0, 0.1) is 5.92 Å². The molecule has 0 aliphatic heterocycles. The summed E-state index contributed by atoms with van der Waals surface area (Å²) in [4.78, 5) is 3.07. The van der Waals surface area contributed by atoms with Crippen molar-refractivity contribution in [1.29, 1.82) is 0 Å². The molecule has 0 aromatic heterocycles. The van der Waals surface area contributed by atoms with E-state index in [1.807, 2.05) is 0 Å². The van der Waals surface area contributed by atoms with Crippen molar-refractivity contribution in [2.75, 3.05) is 19.6 Å². The molecule has 0 radical (unpaired) electrons. The van der Waals surface area contributed by atoms with Gasteiger partial charge in [-0.25, -0.2) is 0 Å². The minimum absolute atomic E-state index is 0.341. The molecule has 2 N–H and O–H groups in total. The Morgan fingerprint density at radius 2 is 1.77 bits per heavy atom. The number of nitrogens with two attached hydrogens (primary N) is 1. The van der Waals surface area contributed by atoms with Crippen LogP contribution in [0.3, 0.4) is 0 Å². The molecule has 0 amide bonds. The van der Waals surface area contributed by atoms with Gasteiger partial charge in [0.2, 0.25) is 0 Å². The minimum atomic E-state index is 0.341. The highest BCUT2D eigenvalue weighted by atomic mass is 32.1. The number of nitrogens with zero attached hydrogens (tertiary/aromatic N) is 1. The Morgan fingerprint density at radius 3 is 2.08 bits per heavy atom. The van der Waals surface area contributed by atoms with Crippen LogP contribution in [0.1, 0.15) is 33.6 Å². The summed E-state index contributed by atoms with van der Waals surface area (Å²) < 4.78 is 0. The van der Waals surface area contributed by atoms with Crippen LogP contribution in [0.25, 0.3) is 0 Å². The molecule has 0 saturated carbocycles. The average Bonchev–Trinajstić information content (AvgIpc) is 2.05. The standard InChI is InChI=1S/C10H22N2S/c1-4-6-12(7-5-2)8-9(3)10(11)13/h9H,4-8H2,1-3H3,(H2,11,13). The second kappa shape index (κ2) is 7.27. The summed E-state index contributed by atoms with van der Waals surface area (Å²) in [6.45, 7) is 9.82. The minimum Gasteiger partial charge on any atom is -0.393 e. The van der Waals surface area contributed by atoms with Crippen molar-refractivity contribution in [3.63, 3.8) is 0 Å². The van der Waals surface area contributed by atoms with Crippen molar-refractivity contribution in [2.24, 2.45) is 11.7 Å². The predicted molar refractivity (Wildman–Crippen MR) is 63.0 cm³/mol. The summed E-state index contributed by atoms with van der Waals surface area (Å²) in [5.74, 6) is 0.341. The Kier molecular flexibility index (Phi) is 7.19. The van der Waals surface area contributed by atoms with Crippen LogP contribution in [0.5, 0.6) is 0 Å². The second-order valence-corrected chi connectivity index (χ2v) is 4.08. The molecule has 13 heavy (non-hydrogen) atoms. The number of hydrogen-bond acceptors (Lipinski definition) is 2. The van der Waals surface area contributed by atoms with Crippen LogP contribution < -0.4 is 5.73 Å². The number of rotatable bonds is 7. The molecule has 78 valence electrons. The third-order valence-electron chi connectivity index (χ3n) is 2.10. The van der Waals surface area contributed by atoms with Gasteiger partial charge >= 0.3 is 0 Å². The molecule has 1 unspecified atom stereocenters. The first-order valence-electron chi connectivity index (χ1n) is 5.13. The molecule has 0 rings (SSSR count). The van der Waals surface area contributed by atoms with E-state index in [0.29, 0.717) is 10.9 Å². The molecule has 0 saturated heterocycles. The maximum Gasteiger partial charge on any atom is 0.0768 e. The summed E-state index contributed by atoms with van der Waals surface area (Å²) in [6.07, 6.45) is 2.40. The Labute approximate surface area is 87.5 Å². The van der Waals surface area contributed by atoms with Gasteiger partial charge in [0.05, 0.1) is 4.99 Å². The summed E-state index contributed by atoms with van der Waals surface area (Å²) in [5.41, 5.74) is 5.58. The van der Waals surface area contributed by atoms with E-state index < -0.39 is 0 Å². The summed E-state index contributed by atoms with van der Waals surface area (Å²) in [6, 6.07) is 0. The van der Waals surface area contributed by atoms with Gasteiger partial charge < -0.3 is 10.6 Å². The highest BCUT2D eigenvalue weighted by Gasteiger charge is 2.10. The summed E-state index contributed by atoms with van der Waals surface area (Å²) >= 11 is 4.96. The quantitative estimate of drug-likeness (QED) is 0.641. The molecule has 0 bridgehead atoms. The molecule has 2 nitrogen and oxygen atoms in total. The lowest BCUT2D eigenvalue weighted by atomic mass is 10.1. The molecule has 0 aliphatic rings. The Morgan fingerprint density at radius 1 is 1.31 bits per heavy atom. The molecule has 0 fully saturated rings. The Balaban J connectivity index is 3.85. The van der Waals surface area contributed by atoms with Gasteiger partial charge in [-0.1, -0.05) is 33.0 Å². The maximum absolute atomic E-state index is 5.58. The average molecular weight is 202 g/mol. The monoisotopic (exact) mass is 202 g/mol. The van der Waals surface area contributed by atoms with Crippen LogP contribution in [0.15, 0.2) is 0 Å². The van der Waals surface area contributed by atoms with Gasteiger partial charge in [-0.05, 0) is 25.9 Å². The highest BCUT2D eigenvalue weighted by molar-refractivity contribution is 7.80. The van der Waals surface area contributed by atoms with E-state index in [1.54, 1.807) is 0 Å². The van der Waals surface area contributed by atoms with E-state index in [0.717, 1.165) is 19.6 Å². The van der Waals surface area contributed by atoms with Gasteiger partial charge in [0.15, 0.2) is 0 Å². The predicted octanol–water partition coefficient (Wildman–Crippen LogP) is 2.03. The first kappa shape index (κ1) is 12.8. The van der Waals surface area contributed by atoms with E-state index >= 15 is 0 Å². The fraction of sp³-hybridized carbons (Fsp3) is 0.900. The van der Waals surface area contributed by atoms with E-state index in [9.17, 15) is 0 Å². The fourth-order valence-electron chi connectivity index (χ4n) is 1.40. The van der Waals surface area contributed by atoms with E-state index in [2.05, 4.69) is 25.7 Å². The second-order valence-electron chi connectivity index (χ2n) is 3.60. The van der Waals surface area contributed by atoms with E-state index in [4.69, 9.17) is 18.0 Å². The van der Waals surface area contributed by atoms with E-state index in [-0.39, 0.29) is 0 Å². The van der Waals surface area contributed by atoms with Crippen LogP contribution in [-0.2, 0) is 0 Å². The third-order valence-corrected chi connectivity index (χ3v) is 2.50. The van der Waals surface area contributed by atoms with Crippen molar-refractivity contribution < 1.29 is 0 Å². The maximum atomic E-state index is 5.58. The zero-order valence-corrected chi connectivity index (χ0v) is 9.86. The lowest BCUT2D eigenvalue weighted by Crippen LogP contribution is -2.35. The molecule has 3 heteroatoms. The molecule has 1 atom stereocenters. The lowest BCUT2D eigenvalue weighted by Gasteiger charge is -2.24. The Bertz CT molecular complexity index is 142. The Hall–Kier alpha value is -0.150. The molecular weight excluding hydrogens is 180 g/mol. The fourth-order valence-corrected chi connectivity index (χ4v) is 1.48. The van der Waals surface area contributed by atoms with Crippen molar-refractivity contribution >= 4 is 17.2 Å². The summed E-state index contributed by atoms with van der Waals surface area (Å²) in [7, 11) is 0. The summed E-state index contributed by atoms with van der Waals surface area (Å²) in [5, 5.41) is 0. The first-order chi connectivity index (χ1) is 6.11. The molecule has 0 aliphatic carbocycles. The molecule has 0 spiro atoms. The van der Waals surface area contributed by atoms with Gasteiger partial charge in [-0.3, -0.25) is 0 Å². The van der Waals surface area contributed by atoms with Crippen molar-refractivity contribution in [2.45, 2.75) is 33.6 Å². The lowest BCUT2D eigenvalue weighted by molar-refractivity contribution is 0.260. The smallest absolute Gasteiger partial charge is 0.0768 e. The van der Waals surface area contributed by atoms with Crippen LogP contribution in [0.4, 0.5) is 0 Å². The largest absolute Gasteiger partial charge is 0.393 e. The third kappa shape index (κ3) is 5.99. The molecular formula is C10H22N2S. The molecule has 0 aromatic rings. The topological polar surface area (TPSA) is 29.3 Å². The van der Waals surface area contributed by atoms with E-state index in [1.165, 1.54) is 12.8 Å². The van der Waals surface area contributed by atoms with Gasteiger partial charge in [0.25, 0.3) is 0 Å². The normalized spacial score (nSPS) is 13.2. The zero-order chi connectivity index (χ0) is 10.3. The van der Waals surface area contributed by atoms with Gasteiger partial charge in [-0.15, -0.1) is 0 Å². The highest BCUT2D eigenvalue weighted by Crippen LogP contribution is 2.02. The van der Waals surface area contributed by atoms with Gasteiger partial charge in [0.1, 0.15) is 0 Å². The van der Waals surface area contributed by atoms with Crippen molar-refractivity contribution in [1.82, 2.24) is 4.90 Å².